The Morgan fingerprint density at radius 3 is 2.50 bits per heavy atom. The number of rotatable bonds is 9. The summed E-state index contributed by atoms with van der Waals surface area (Å²) in [5.74, 6) is 2.04. The summed E-state index contributed by atoms with van der Waals surface area (Å²) in [5.41, 5.74) is 2.98. The highest BCUT2D eigenvalue weighted by atomic mass is 16.5. The lowest BCUT2D eigenvalue weighted by Crippen LogP contribution is -2.31. The van der Waals surface area contributed by atoms with Crippen LogP contribution in [0.4, 0.5) is 29.2 Å². The third kappa shape index (κ3) is 7.32. The molecule has 1 aromatic heterocycles. The van der Waals surface area contributed by atoms with E-state index in [2.05, 4.69) is 47.0 Å². The zero-order valence-corrected chi connectivity index (χ0v) is 23.1. The van der Waals surface area contributed by atoms with Gasteiger partial charge < -0.3 is 30.9 Å². The molecule has 1 amide bonds. The highest BCUT2D eigenvalue weighted by Crippen LogP contribution is 2.25. The molecule has 1 atom stereocenters. The molecule has 38 heavy (non-hydrogen) atoms. The van der Waals surface area contributed by atoms with Crippen molar-refractivity contribution in [1.29, 1.82) is 0 Å². The Balaban J connectivity index is 1.57. The van der Waals surface area contributed by atoms with Gasteiger partial charge in [-0.25, -0.2) is 0 Å². The standard InChI is InChI=1S/C28H38N8O2/c1-18-7-8-19(24(37)30-20-9-11-22(38-6)12-10-20)15-23(18)32-26-33-25(31-21-13-14-29-16-21)34-27(35-26)36(5)17-28(2,3)4/h7-12,15,21,29H,13-14,16-17H2,1-6H3,(H,30,37)(H2,31,32,33,34,35)/t21-/m1/s1. The van der Waals surface area contributed by atoms with Crippen molar-refractivity contribution in [2.24, 2.45) is 5.41 Å². The van der Waals surface area contributed by atoms with E-state index in [0.717, 1.165) is 43.1 Å². The van der Waals surface area contributed by atoms with Crippen LogP contribution in [0.1, 0.15) is 43.1 Å². The summed E-state index contributed by atoms with van der Waals surface area (Å²) in [6, 6.07) is 13.0. The highest BCUT2D eigenvalue weighted by molar-refractivity contribution is 6.05. The molecule has 202 valence electrons. The summed E-state index contributed by atoms with van der Waals surface area (Å²) in [7, 11) is 3.60. The van der Waals surface area contributed by atoms with Crippen molar-refractivity contribution in [2.45, 2.75) is 40.2 Å². The van der Waals surface area contributed by atoms with E-state index in [1.165, 1.54) is 0 Å². The summed E-state index contributed by atoms with van der Waals surface area (Å²) >= 11 is 0. The molecular weight excluding hydrogens is 480 g/mol. The van der Waals surface area contributed by atoms with Gasteiger partial charge in [0.1, 0.15) is 5.75 Å². The molecule has 0 bridgehead atoms. The Kier molecular flexibility index (Phi) is 8.31. The second kappa shape index (κ2) is 11.6. The van der Waals surface area contributed by atoms with Gasteiger partial charge >= 0.3 is 0 Å². The fourth-order valence-corrected chi connectivity index (χ4v) is 4.29. The average molecular weight is 519 g/mol. The maximum absolute atomic E-state index is 13.0. The van der Waals surface area contributed by atoms with Crippen LogP contribution in [0.15, 0.2) is 42.5 Å². The summed E-state index contributed by atoms with van der Waals surface area (Å²) in [4.78, 5) is 29.1. The average Bonchev–Trinajstić information content (AvgIpc) is 3.37. The second-order valence-electron chi connectivity index (χ2n) is 10.9. The lowest BCUT2D eigenvalue weighted by molar-refractivity contribution is 0.102. The molecule has 0 aliphatic carbocycles. The first kappa shape index (κ1) is 27.1. The molecule has 4 rings (SSSR count). The largest absolute Gasteiger partial charge is 0.497 e. The first-order chi connectivity index (χ1) is 18.1. The van der Waals surface area contributed by atoms with Gasteiger partial charge in [-0.05, 0) is 67.3 Å². The minimum atomic E-state index is -0.212. The molecule has 1 saturated heterocycles. The monoisotopic (exact) mass is 518 g/mol. The fourth-order valence-electron chi connectivity index (χ4n) is 4.29. The molecule has 4 N–H and O–H groups in total. The van der Waals surface area contributed by atoms with Gasteiger partial charge in [-0.2, -0.15) is 15.0 Å². The first-order valence-electron chi connectivity index (χ1n) is 12.9. The zero-order chi connectivity index (χ0) is 27.3. The molecule has 0 spiro atoms. The van der Waals surface area contributed by atoms with E-state index in [1.807, 2.05) is 31.0 Å². The Bertz CT molecular complexity index is 1250. The molecule has 0 unspecified atom stereocenters. The molecular formula is C28H38N8O2. The van der Waals surface area contributed by atoms with Gasteiger partial charge in [-0.3, -0.25) is 4.79 Å². The van der Waals surface area contributed by atoms with Gasteiger partial charge in [-0.1, -0.05) is 26.8 Å². The lowest BCUT2D eigenvalue weighted by Gasteiger charge is -2.27. The van der Waals surface area contributed by atoms with Gasteiger partial charge in [0.05, 0.1) is 7.11 Å². The van der Waals surface area contributed by atoms with Gasteiger partial charge in [0.2, 0.25) is 17.8 Å². The number of aromatic nitrogens is 3. The predicted octanol–water partition coefficient (Wildman–Crippen LogP) is 4.44. The molecule has 1 fully saturated rings. The SMILES string of the molecule is COc1ccc(NC(=O)c2ccc(C)c(Nc3nc(N[C@@H]4CCNC4)nc(N(C)CC(C)(C)C)n3)c2)cc1. The molecule has 10 heteroatoms. The summed E-state index contributed by atoms with van der Waals surface area (Å²) in [6.45, 7) is 11.1. The maximum Gasteiger partial charge on any atom is 0.255 e. The molecule has 10 nitrogen and oxygen atoms in total. The minimum absolute atomic E-state index is 0.0695. The smallest absolute Gasteiger partial charge is 0.255 e. The predicted molar refractivity (Wildman–Crippen MR) is 153 cm³/mol. The van der Waals surface area contributed by atoms with E-state index in [-0.39, 0.29) is 17.4 Å². The number of hydrogen-bond acceptors (Lipinski definition) is 9. The molecule has 2 heterocycles. The maximum atomic E-state index is 13.0. The van der Waals surface area contributed by atoms with Gasteiger partial charge in [0, 0.05) is 43.1 Å². The lowest BCUT2D eigenvalue weighted by atomic mass is 9.96. The van der Waals surface area contributed by atoms with Crippen molar-refractivity contribution >= 4 is 35.1 Å². The van der Waals surface area contributed by atoms with E-state index in [1.54, 1.807) is 37.4 Å². The van der Waals surface area contributed by atoms with Crippen molar-refractivity contribution in [2.75, 3.05) is 54.6 Å². The van der Waals surface area contributed by atoms with Crippen LogP contribution in [0.5, 0.6) is 5.75 Å². The molecule has 1 aliphatic heterocycles. The van der Waals surface area contributed by atoms with Gasteiger partial charge in [0.15, 0.2) is 0 Å². The van der Waals surface area contributed by atoms with Crippen molar-refractivity contribution in [1.82, 2.24) is 20.3 Å². The number of amides is 1. The van der Waals surface area contributed by atoms with Crippen LogP contribution < -0.4 is 30.9 Å². The molecule has 0 saturated carbocycles. The summed E-state index contributed by atoms with van der Waals surface area (Å²) in [5, 5.41) is 13.1. The minimum Gasteiger partial charge on any atom is -0.497 e. The van der Waals surface area contributed by atoms with Crippen LogP contribution in [0.3, 0.4) is 0 Å². The quantitative estimate of drug-likeness (QED) is 0.326. The first-order valence-corrected chi connectivity index (χ1v) is 12.9. The third-order valence-corrected chi connectivity index (χ3v) is 6.16. The second-order valence-corrected chi connectivity index (χ2v) is 10.9. The van der Waals surface area contributed by atoms with Crippen LogP contribution in [-0.2, 0) is 0 Å². The van der Waals surface area contributed by atoms with Crippen LogP contribution in [0.2, 0.25) is 0 Å². The van der Waals surface area contributed by atoms with Gasteiger partial charge in [0.25, 0.3) is 5.91 Å². The number of carbonyl (C=O) groups excluding carboxylic acids is 1. The Morgan fingerprint density at radius 1 is 1.11 bits per heavy atom. The molecule has 0 radical (unpaired) electrons. The number of ether oxygens (including phenoxy) is 1. The molecule has 3 aromatic rings. The number of hydrogen-bond donors (Lipinski definition) is 4. The van der Waals surface area contributed by atoms with Crippen LogP contribution in [-0.4, -0.2) is 60.7 Å². The van der Waals surface area contributed by atoms with E-state index in [0.29, 0.717) is 29.1 Å². The topological polar surface area (TPSA) is 116 Å². The Hall–Kier alpha value is -3.92. The summed E-state index contributed by atoms with van der Waals surface area (Å²) in [6.07, 6.45) is 1.01. The number of anilines is 5. The normalized spacial score (nSPS) is 15.2. The highest BCUT2D eigenvalue weighted by Gasteiger charge is 2.20. The van der Waals surface area contributed by atoms with Gasteiger partial charge in [-0.15, -0.1) is 0 Å². The van der Waals surface area contributed by atoms with Crippen LogP contribution in [0, 0.1) is 12.3 Å². The number of aryl methyl sites for hydroxylation is 1. The number of benzene rings is 2. The van der Waals surface area contributed by atoms with Crippen LogP contribution in [0.25, 0.3) is 0 Å². The van der Waals surface area contributed by atoms with Crippen molar-refractivity contribution in [3.05, 3.63) is 53.6 Å². The van der Waals surface area contributed by atoms with E-state index in [4.69, 9.17) is 14.7 Å². The molecule has 2 aromatic carbocycles. The Labute approximate surface area is 224 Å². The van der Waals surface area contributed by atoms with Crippen molar-refractivity contribution in [3.8, 4) is 5.75 Å². The summed E-state index contributed by atoms with van der Waals surface area (Å²) < 4.78 is 5.19. The van der Waals surface area contributed by atoms with E-state index < -0.39 is 0 Å². The number of carbonyl (C=O) groups is 1. The van der Waals surface area contributed by atoms with Crippen molar-refractivity contribution < 1.29 is 9.53 Å². The van der Waals surface area contributed by atoms with E-state index >= 15 is 0 Å². The number of methoxy groups -OCH3 is 1. The Morgan fingerprint density at radius 2 is 1.84 bits per heavy atom. The van der Waals surface area contributed by atoms with Crippen LogP contribution >= 0.6 is 0 Å². The third-order valence-electron chi connectivity index (χ3n) is 6.16. The van der Waals surface area contributed by atoms with Crippen molar-refractivity contribution in [3.63, 3.8) is 0 Å². The fraction of sp³-hybridized carbons (Fsp3) is 0.429. The number of nitrogens with zero attached hydrogens (tertiary/aromatic N) is 4. The zero-order valence-electron chi connectivity index (χ0n) is 23.1. The van der Waals surface area contributed by atoms with E-state index in [9.17, 15) is 4.79 Å². The number of nitrogens with one attached hydrogen (secondary N) is 4. The molecule has 1 aliphatic rings.